The van der Waals surface area contributed by atoms with Crippen molar-refractivity contribution >= 4 is 24.0 Å². The summed E-state index contributed by atoms with van der Waals surface area (Å²) in [5, 5.41) is 3.26. The molecule has 1 saturated heterocycles. The fourth-order valence-corrected chi connectivity index (χ4v) is 3.03. The van der Waals surface area contributed by atoms with E-state index in [0.717, 1.165) is 38.2 Å². The summed E-state index contributed by atoms with van der Waals surface area (Å²) >= 11 is 0. The normalized spacial score (nSPS) is 19.6. The Labute approximate surface area is 127 Å². The van der Waals surface area contributed by atoms with Gasteiger partial charge in [-0.1, -0.05) is 19.1 Å². The lowest BCUT2D eigenvalue weighted by molar-refractivity contribution is -0.124. The van der Waals surface area contributed by atoms with Crippen molar-refractivity contribution in [3.05, 3.63) is 29.3 Å². The van der Waals surface area contributed by atoms with Crippen LogP contribution in [0.5, 0.6) is 0 Å². The highest BCUT2D eigenvalue weighted by Gasteiger charge is 2.33. The van der Waals surface area contributed by atoms with Gasteiger partial charge in [0.25, 0.3) is 0 Å². The van der Waals surface area contributed by atoms with Gasteiger partial charge >= 0.3 is 0 Å². The van der Waals surface area contributed by atoms with Crippen LogP contribution in [0.4, 0.5) is 5.69 Å². The Morgan fingerprint density at radius 2 is 2.15 bits per heavy atom. The van der Waals surface area contributed by atoms with Crippen LogP contribution in [0, 0.1) is 18.8 Å². The second kappa shape index (κ2) is 6.15. The van der Waals surface area contributed by atoms with Gasteiger partial charge in [0.2, 0.25) is 5.91 Å². The monoisotopic (exact) mass is 294 g/mol. The number of carbonyl (C=O) groups excluding carboxylic acids is 1. The summed E-state index contributed by atoms with van der Waals surface area (Å²) in [6.45, 7) is 7.03. The number of amides is 1. The molecule has 0 bridgehead atoms. The summed E-state index contributed by atoms with van der Waals surface area (Å²) < 4.78 is 0. The molecule has 0 saturated carbocycles. The van der Waals surface area contributed by atoms with Crippen LogP contribution in [0.15, 0.2) is 18.2 Å². The number of benzene rings is 1. The second-order valence-electron chi connectivity index (χ2n) is 5.93. The Kier molecular flexibility index (Phi) is 4.71. The summed E-state index contributed by atoms with van der Waals surface area (Å²) in [5.41, 5.74) is 3.70. The first kappa shape index (κ1) is 15.3. The first-order chi connectivity index (χ1) is 9.16. The van der Waals surface area contributed by atoms with Gasteiger partial charge in [-0.25, -0.2) is 0 Å². The van der Waals surface area contributed by atoms with Crippen molar-refractivity contribution in [3.8, 4) is 0 Å². The van der Waals surface area contributed by atoms with Crippen LogP contribution < -0.4 is 10.2 Å². The second-order valence-corrected chi connectivity index (χ2v) is 5.93. The van der Waals surface area contributed by atoms with E-state index in [1.54, 1.807) is 0 Å². The van der Waals surface area contributed by atoms with Crippen LogP contribution in [0.25, 0.3) is 0 Å². The van der Waals surface area contributed by atoms with Crippen molar-refractivity contribution in [1.82, 2.24) is 5.32 Å². The van der Waals surface area contributed by atoms with Gasteiger partial charge in [-0.05, 0) is 56.0 Å². The highest BCUT2D eigenvalue weighted by molar-refractivity contribution is 5.96. The molecule has 1 amide bonds. The van der Waals surface area contributed by atoms with Crippen molar-refractivity contribution < 1.29 is 4.79 Å². The van der Waals surface area contributed by atoms with Crippen molar-refractivity contribution in [2.45, 2.75) is 26.7 Å². The molecule has 0 radical (unpaired) electrons. The summed E-state index contributed by atoms with van der Waals surface area (Å²) in [6, 6.07) is 6.49. The summed E-state index contributed by atoms with van der Waals surface area (Å²) in [5.74, 6) is 0.952. The minimum atomic E-state index is 0. The SMILES string of the molecule is Cc1ccc2c(c1)N(C(=O)C(C)C1CNC1)CCC2.Cl. The van der Waals surface area contributed by atoms with E-state index in [4.69, 9.17) is 0 Å². The largest absolute Gasteiger partial charge is 0.316 e. The molecule has 2 heterocycles. The number of halogens is 1. The average Bonchev–Trinajstić information content (AvgIpc) is 2.35. The molecule has 1 atom stereocenters. The Balaban J connectivity index is 0.00000147. The minimum Gasteiger partial charge on any atom is -0.316 e. The zero-order valence-electron chi connectivity index (χ0n) is 12.2. The number of hydrogen-bond donors (Lipinski definition) is 1. The maximum Gasteiger partial charge on any atom is 0.230 e. The summed E-state index contributed by atoms with van der Waals surface area (Å²) in [4.78, 5) is 14.7. The van der Waals surface area contributed by atoms with Crippen molar-refractivity contribution in [1.29, 1.82) is 0 Å². The van der Waals surface area contributed by atoms with Crippen LogP contribution in [0.2, 0.25) is 0 Å². The van der Waals surface area contributed by atoms with Gasteiger partial charge in [0.1, 0.15) is 0 Å². The van der Waals surface area contributed by atoms with E-state index < -0.39 is 0 Å². The van der Waals surface area contributed by atoms with Gasteiger partial charge < -0.3 is 10.2 Å². The fraction of sp³-hybridized carbons (Fsp3) is 0.562. The smallest absolute Gasteiger partial charge is 0.230 e. The molecule has 1 unspecified atom stereocenters. The van der Waals surface area contributed by atoms with E-state index >= 15 is 0 Å². The van der Waals surface area contributed by atoms with Crippen LogP contribution in [-0.4, -0.2) is 25.5 Å². The quantitative estimate of drug-likeness (QED) is 0.909. The zero-order chi connectivity index (χ0) is 13.4. The predicted octanol–water partition coefficient (Wildman–Crippen LogP) is 2.55. The molecule has 1 fully saturated rings. The number of rotatable bonds is 2. The molecule has 3 rings (SSSR count). The molecular weight excluding hydrogens is 272 g/mol. The molecule has 0 aromatic heterocycles. The molecule has 1 aromatic carbocycles. The Morgan fingerprint density at radius 3 is 2.80 bits per heavy atom. The van der Waals surface area contributed by atoms with E-state index in [2.05, 4.69) is 37.4 Å². The van der Waals surface area contributed by atoms with Gasteiger partial charge in [-0.3, -0.25) is 4.79 Å². The Bertz CT molecular complexity index is 499. The molecule has 20 heavy (non-hydrogen) atoms. The van der Waals surface area contributed by atoms with Crippen LogP contribution in [-0.2, 0) is 11.2 Å². The van der Waals surface area contributed by atoms with E-state index in [1.807, 2.05) is 4.90 Å². The topological polar surface area (TPSA) is 32.3 Å². The van der Waals surface area contributed by atoms with Crippen molar-refractivity contribution in [2.24, 2.45) is 11.8 Å². The molecule has 110 valence electrons. The van der Waals surface area contributed by atoms with Crippen molar-refractivity contribution in [3.63, 3.8) is 0 Å². The molecule has 0 spiro atoms. The molecule has 2 aliphatic rings. The third kappa shape index (κ3) is 2.70. The summed E-state index contributed by atoms with van der Waals surface area (Å²) in [6.07, 6.45) is 2.18. The number of nitrogens with one attached hydrogen (secondary N) is 1. The molecule has 0 aliphatic carbocycles. The number of nitrogens with zero attached hydrogens (tertiary/aromatic N) is 1. The molecule has 3 nitrogen and oxygen atoms in total. The number of anilines is 1. The lowest BCUT2D eigenvalue weighted by Gasteiger charge is -2.37. The average molecular weight is 295 g/mol. The maximum atomic E-state index is 12.7. The predicted molar refractivity (Wildman–Crippen MR) is 84.6 cm³/mol. The van der Waals surface area contributed by atoms with Crippen LogP contribution >= 0.6 is 12.4 Å². The van der Waals surface area contributed by atoms with Gasteiger partial charge in [-0.2, -0.15) is 0 Å². The number of carbonyl (C=O) groups is 1. The van der Waals surface area contributed by atoms with Crippen LogP contribution in [0.1, 0.15) is 24.5 Å². The standard InChI is InChI=1S/C16H22N2O.ClH/c1-11-5-6-13-4-3-7-18(15(13)8-11)16(19)12(2)14-9-17-10-14;/h5-6,8,12,14,17H,3-4,7,9-10H2,1-2H3;1H. The highest BCUT2D eigenvalue weighted by Crippen LogP contribution is 2.30. The fourth-order valence-electron chi connectivity index (χ4n) is 3.03. The highest BCUT2D eigenvalue weighted by atomic mass is 35.5. The van der Waals surface area contributed by atoms with Crippen molar-refractivity contribution in [2.75, 3.05) is 24.5 Å². The van der Waals surface area contributed by atoms with Gasteiger partial charge in [0, 0.05) is 18.2 Å². The van der Waals surface area contributed by atoms with E-state index in [9.17, 15) is 4.79 Å². The molecular formula is C16H23ClN2O. The summed E-state index contributed by atoms with van der Waals surface area (Å²) in [7, 11) is 0. The van der Waals surface area contributed by atoms with Gasteiger partial charge in [-0.15, -0.1) is 12.4 Å². The van der Waals surface area contributed by atoms with E-state index in [1.165, 1.54) is 11.1 Å². The number of aryl methyl sites for hydroxylation is 2. The van der Waals surface area contributed by atoms with E-state index in [-0.39, 0.29) is 18.3 Å². The third-order valence-corrected chi connectivity index (χ3v) is 4.54. The molecule has 2 aliphatic heterocycles. The lowest BCUT2D eigenvalue weighted by Crippen LogP contribution is -2.51. The third-order valence-electron chi connectivity index (χ3n) is 4.54. The Morgan fingerprint density at radius 1 is 1.40 bits per heavy atom. The van der Waals surface area contributed by atoms with E-state index in [0.29, 0.717) is 11.8 Å². The van der Waals surface area contributed by atoms with Crippen LogP contribution in [0.3, 0.4) is 0 Å². The van der Waals surface area contributed by atoms with Gasteiger partial charge in [0.05, 0.1) is 0 Å². The minimum absolute atomic E-state index is 0. The first-order valence-corrected chi connectivity index (χ1v) is 7.28. The maximum absolute atomic E-state index is 12.7. The molecule has 1 N–H and O–H groups in total. The van der Waals surface area contributed by atoms with Gasteiger partial charge in [0.15, 0.2) is 0 Å². The first-order valence-electron chi connectivity index (χ1n) is 7.28. The molecule has 4 heteroatoms. The zero-order valence-corrected chi connectivity index (χ0v) is 13.0. The lowest BCUT2D eigenvalue weighted by atomic mass is 9.87. The number of fused-ring (bicyclic) bond motifs is 1. The number of hydrogen-bond acceptors (Lipinski definition) is 2. The molecule has 1 aromatic rings. The Hall–Kier alpha value is -1.06.